The molecule has 5 heteroatoms. The molecule has 2 aromatic carbocycles. The lowest BCUT2D eigenvalue weighted by molar-refractivity contribution is -0.146. The zero-order valence-electron chi connectivity index (χ0n) is 12.3. The van der Waals surface area contributed by atoms with Crippen LogP contribution in [-0.2, 0) is 15.3 Å². The molecule has 0 aliphatic carbocycles. The fourth-order valence-corrected chi connectivity index (χ4v) is 3.28. The molecule has 0 fully saturated rings. The van der Waals surface area contributed by atoms with Crippen LogP contribution in [0.2, 0.25) is 0 Å². The van der Waals surface area contributed by atoms with Gasteiger partial charge in [-0.2, -0.15) is 0 Å². The summed E-state index contributed by atoms with van der Waals surface area (Å²) in [5.74, 6) is 0.293. The fraction of sp³-hybridized carbons (Fsp3) is 0.167. The number of hydrogen-bond donors (Lipinski definition) is 2. The van der Waals surface area contributed by atoms with Crippen molar-refractivity contribution in [1.29, 1.82) is 0 Å². The summed E-state index contributed by atoms with van der Waals surface area (Å²) >= 11 is 1.28. The number of phenols is 1. The van der Waals surface area contributed by atoms with E-state index in [1.165, 1.54) is 23.9 Å². The molecule has 23 heavy (non-hydrogen) atoms. The van der Waals surface area contributed by atoms with E-state index >= 15 is 0 Å². The lowest BCUT2D eigenvalue weighted by Crippen LogP contribution is -2.20. The van der Waals surface area contributed by atoms with Gasteiger partial charge in [0.15, 0.2) is 0 Å². The molecule has 1 atom stereocenters. The standard InChI is InChI=1S/C18H16O4S/c19-14-8-6-13(7-9-14)16-10-15(20)17(18(21)22-16)23-11-12-4-2-1-3-5-12/h1-9,16,19-20H,10-11H2. The van der Waals surface area contributed by atoms with Crippen LogP contribution in [0.25, 0.3) is 0 Å². The minimum Gasteiger partial charge on any atom is -0.511 e. The van der Waals surface area contributed by atoms with Crippen molar-refractivity contribution in [2.45, 2.75) is 18.3 Å². The van der Waals surface area contributed by atoms with Crippen LogP contribution in [0.5, 0.6) is 5.75 Å². The molecule has 1 unspecified atom stereocenters. The second-order valence-corrected chi connectivity index (χ2v) is 6.23. The number of aliphatic hydroxyl groups is 1. The van der Waals surface area contributed by atoms with E-state index in [1.807, 2.05) is 30.3 Å². The zero-order chi connectivity index (χ0) is 16.2. The van der Waals surface area contributed by atoms with Crippen LogP contribution in [0.3, 0.4) is 0 Å². The molecule has 0 saturated heterocycles. The predicted molar refractivity (Wildman–Crippen MR) is 88.9 cm³/mol. The second-order valence-electron chi connectivity index (χ2n) is 5.24. The topological polar surface area (TPSA) is 66.8 Å². The Labute approximate surface area is 138 Å². The summed E-state index contributed by atoms with van der Waals surface area (Å²) in [6.45, 7) is 0. The quantitative estimate of drug-likeness (QED) is 0.828. The van der Waals surface area contributed by atoms with Gasteiger partial charge in [0.2, 0.25) is 0 Å². The van der Waals surface area contributed by atoms with E-state index in [0.29, 0.717) is 5.75 Å². The summed E-state index contributed by atoms with van der Waals surface area (Å²) in [6.07, 6.45) is -0.280. The molecule has 0 aromatic heterocycles. The van der Waals surface area contributed by atoms with Gasteiger partial charge in [0.25, 0.3) is 0 Å². The van der Waals surface area contributed by atoms with E-state index in [9.17, 15) is 15.0 Å². The van der Waals surface area contributed by atoms with Crippen molar-refractivity contribution in [2.24, 2.45) is 0 Å². The molecule has 1 aliphatic rings. The van der Waals surface area contributed by atoms with Gasteiger partial charge in [-0.15, -0.1) is 11.8 Å². The highest BCUT2D eigenvalue weighted by Gasteiger charge is 2.30. The first kappa shape index (κ1) is 15.5. The Morgan fingerprint density at radius 1 is 1.04 bits per heavy atom. The van der Waals surface area contributed by atoms with Crippen molar-refractivity contribution in [1.82, 2.24) is 0 Å². The maximum Gasteiger partial charge on any atom is 0.348 e. The van der Waals surface area contributed by atoms with Crippen LogP contribution >= 0.6 is 11.8 Å². The average molecular weight is 328 g/mol. The minimum atomic E-state index is -0.524. The van der Waals surface area contributed by atoms with Crippen LogP contribution in [0.1, 0.15) is 23.7 Å². The Kier molecular flexibility index (Phi) is 4.57. The number of phenolic OH excluding ortho intramolecular Hbond substituents is 1. The molecule has 2 N–H and O–H groups in total. The van der Waals surface area contributed by atoms with Gasteiger partial charge in [0.05, 0.1) is 0 Å². The van der Waals surface area contributed by atoms with Gasteiger partial charge < -0.3 is 14.9 Å². The number of benzene rings is 2. The molecule has 4 nitrogen and oxygen atoms in total. The average Bonchev–Trinajstić information content (AvgIpc) is 2.55. The highest BCUT2D eigenvalue weighted by molar-refractivity contribution is 8.03. The Bertz CT molecular complexity index is 722. The molecule has 0 radical (unpaired) electrons. The number of rotatable bonds is 4. The number of esters is 1. The third-order valence-electron chi connectivity index (χ3n) is 3.57. The van der Waals surface area contributed by atoms with E-state index in [1.54, 1.807) is 12.1 Å². The maximum atomic E-state index is 12.2. The number of aliphatic hydroxyl groups excluding tert-OH is 1. The zero-order valence-corrected chi connectivity index (χ0v) is 13.1. The van der Waals surface area contributed by atoms with Gasteiger partial charge in [0.1, 0.15) is 22.5 Å². The van der Waals surface area contributed by atoms with Gasteiger partial charge >= 0.3 is 5.97 Å². The largest absolute Gasteiger partial charge is 0.511 e. The molecule has 3 rings (SSSR count). The van der Waals surface area contributed by atoms with Crippen LogP contribution < -0.4 is 0 Å². The minimum absolute atomic E-state index is 0.0558. The van der Waals surface area contributed by atoms with Crippen molar-refractivity contribution in [3.63, 3.8) is 0 Å². The number of thioether (sulfide) groups is 1. The molecular formula is C18H16O4S. The summed E-state index contributed by atoms with van der Waals surface area (Å²) in [5.41, 5.74) is 1.82. The van der Waals surface area contributed by atoms with Gasteiger partial charge in [-0.1, -0.05) is 42.5 Å². The van der Waals surface area contributed by atoms with Crippen LogP contribution in [0.4, 0.5) is 0 Å². The van der Waals surface area contributed by atoms with Gasteiger partial charge in [-0.05, 0) is 23.3 Å². The van der Waals surface area contributed by atoms with E-state index in [2.05, 4.69) is 0 Å². The fourth-order valence-electron chi connectivity index (χ4n) is 2.36. The summed E-state index contributed by atoms with van der Waals surface area (Å²) < 4.78 is 5.42. The number of ether oxygens (including phenoxy) is 1. The number of cyclic esters (lactones) is 1. The molecule has 1 heterocycles. The first-order valence-corrected chi connectivity index (χ1v) is 8.21. The number of carbonyl (C=O) groups excluding carboxylic acids is 1. The van der Waals surface area contributed by atoms with Crippen LogP contribution in [0.15, 0.2) is 65.3 Å². The van der Waals surface area contributed by atoms with Crippen molar-refractivity contribution in [3.05, 3.63) is 76.4 Å². The normalized spacial score (nSPS) is 17.9. The Morgan fingerprint density at radius 2 is 1.74 bits per heavy atom. The third kappa shape index (κ3) is 3.68. The number of carbonyl (C=O) groups is 1. The third-order valence-corrected chi connectivity index (χ3v) is 4.74. The van der Waals surface area contributed by atoms with E-state index in [4.69, 9.17) is 4.74 Å². The SMILES string of the molecule is O=C1OC(c2ccc(O)cc2)CC(O)=C1SCc1ccccc1. The van der Waals surface area contributed by atoms with Crippen molar-refractivity contribution < 1.29 is 19.7 Å². The summed E-state index contributed by atoms with van der Waals surface area (Å²) in [5, 5.41) is 19.5. The Hall–Kier alpha value is -2.40. The Morgan fingerprint density at radius 3 is 2.39 bits per heavy atom. The number of aromatic hydroxyl groups is 1. The van der Waals surface area contributed by atoms with Gasteiger partial charge in [-0.25, -0.2) is 4.79 Å². The molecular weight excluding hydrogens is 312 g/mol. The van der Waals surface area contributed by atoms with E-state index < -0.39 is 12.1 Å². The summed E-state index contributed by atoms with van der Waals surface area (Å²) in [4.78, 5) is 12.4. The van der Waals surface area contributed by atoms with Crippen molar-refractivity contribution >= 4 is 17.7 Å². The first-order chi connectivity index (χ1) is 11.1. The van der Waals surface area contributed by atoms with Crippen molar-refractivity contribution in [2.75, 3.05) is 0 Å². The van der Waals surface area contributed by atoms with E-state index in [0.717, 1.165) is 11.1 Å². The van der Waals surface area contributed by atoms with E-state index in [-0.39, 0.29) is 22.8 Å². The summed E-state index contributed by atoms with van der Waals surface area (Å²) in [6, 6.07) is 16.2. The number of hydrogen-bond acceptors (Lipinski definition) is 5. The Balaban J connectivity index is 1.71. The molecule has 0 saturated carbocycles. The molecule has 2 aromatic rings. The lowest BCUT2D eigenvalue weighted by atomic mass is 10.0. The highest BCUT2D eigenvalue weighted by Crippen LogP contribution is 2.37. The molecule has 0 amide bonds. The maximum absolute atomic E-state index is 12.2. The van der Waals surface area contributed by atoms with Crippen LogP contribution in [0, 0.1) is 0 Å². The smallest absolute Gasteiger partial charge is 0.348 e. The monoisotopic (exact) mass is 328 g/mol. The van der Waals surface area contributed by atoms with Gasteiger partial charge in [-0.3, -0.25) is 0 Å². The molecule has 118 valence electrons. The highest BCUT2D eigenvalue weighted by atomic mass is 32.2. The molecule has 1 aliphatic heterocycles. The summed E-state index contributed by atoms with van der Waals surface area (Å²) in [7, 11) is 0. The second kappa shape index (κ2) is 6.79. The molecule has 0 spiro atoms. The van der Waals surface area contributed by atoms with Gasteiger partial charge in [0, 0.05) is 12.2 Å². The lowest BCUT2D eigenvalue weighted by Gasteiger charge is -2.24. The van der Waals surface area contributed by atoms with Crippen molar-refractivity contribution in [3.8, 4) is 5.75 Å². The first-order valence-electron chi connectivity index (χ1n) is 7.22. The van der Waals surface area contributed by atoms with Crippen LogP contribution in [-0.4, -0.2) is 16.2 Å². The molecule has 0 bridgehead atoms. The predicted octanol–water partition coefficient (Wildman–Crippen LogP) is 4.08.